The van der Waals surface area contributed by atoms with Gasteiger partial charge in [0.2, 0.25) is 0 Å². The first-order chi connectivity index (χ1) is 10.1. The maximum Gasteiger partial charge on any atom is 0.271 e. The molecule has 2 heterocycles. The van der Waals surface area contributed by atoms with Gasteiger partial charge in [0.25, 0.3) is 5.91 Å². The van der Waals surface area contributed by atoms with E-state index in [9.17, 15) is 4.79 Å². The van der Waals surface area contributed by atoms with Crippen LogP contribution < -0.4 is 11.1 Å². The van der Waals surface area contributed by atoms with E-state index in [2.05, 4.69) is 25.1 Å². The molecule has 3 rings (SSSR count). The predicted octanol–water partition coefficient (Wildman–Crippen LogP) is 1.92. The van der Waals surface area contributed by atoms with Gasteiger partial charge in [-0.3, -0.25) is 4.79 Å². The molecule has 2 aromatic rings. The number of nitrogens with two attached hydrogens (primary N) is 1. The lowest BCUT2D eigenvalue weighted by Crippen LogP contribution is -2.29. The van der Waals surface area contributed by atoms with Crippen LogP contribution in [0.4, 0.5) is 5.13 Å². The summed E-state index contributed by atoms with van der Waals surface area (Å²) in [6.07, 6.45) is 6.53. The summed E-state index contributed by atoms with van der Waals surface area (Å²) in [6, 6.07) is 0.229. The number of nitrogens with zero attached hydrogens (tertiary/aromatic N) is 4. The zero-order valence-corrected chi connectivity index (χ0v) is 12.6. The molecule has 0 spiro atoms. The molecule has 8 heteroatoms. The second-order valence-electron chi connectivity index (χ2n) is 5.30. The molecule has 1 aliphatic carbocycles. The standard InChI is InChI=1S/C13H18N6OS/c1-8(16-12(20)10-6-21-13(14)17-10)11-18-15-7-19(11)9-4-2-3-5-9/h6-9H,2-5H2,1H3,(H2,14,17)(H,16,20)/t8-/m1/s1. The Hall–Kier alpha value is -1.96. The molecule has 112 valence electrons. The van der Waals surface area contributed by atoms with E-state index < -0.39 is 0 Å². The van der Waals surface area contributed by atoms with Crippen molar-refractivity contribution >= 4 is 22.4 Å². The minimum Gasteiger partial charge on any atom is -0.375 e. The SMILES string of the molecule is C[C@@H](NC(=O)c1csc(N)n1)c1nncn1C1CCCC1. The van der Waals surface area contributed by atoms with Gasteiger partial charge in [0.05, 0.1) is 6.04 Å². The molecule has 0 aliphatic heterocycles. The maximum atomic E-state index is 12.1. The fourth-order valence-corrected chi connectivity index (χ4v) is 3.30. The van der Waals surface area contributed by atoms with E-state index in [1.165, 1.54) is 24.2 Å². The molecule has 1 atom stereocenters. The van der Waals surface area contributed by atoms with Gasteiger partial charge in [0, 0.05) is 11.4 Å². The largest absolute Gasteiger partial charge is 0.375 e. The summed E-state index contributed by atoms with van der Waals surface area (Å²) in [4.78, 5) is 16.1. The van der Waals surface area contributed by atoms with Crippen LogP contribution in [0.2, 0.25) is 0 Å². The van der Waals surface area contributed by atoms with Crippen LogP contribution in [0.15, 0.2) is 11.7 Å². The first kappa shape index (κ1) is 14.0. The van der Waals surface area contributed by atoms with Crippen molar-refractivity contribution in [2.24, 2.45) is 0 Å². The first-order valence-corrected chi connectivity index (χ1v) is 7.94. The van der Waals surface area contributed by atoms with E-state index in [0.717, 1.165) is 18.7 Å². The molecule has 0 saturated heterocycles. The summed E-state index contributed by atoms with van der Waals surface area (Å²) >= 11 is 1.25. The van der Waals surface area contributed by atoms with Crippen LogP contribution in [0.25, 0.3) is 0 Å². The average Bonchev–Trinajstić information content (AvgIpc) is 3.19. The number of hydrogen-bond donors (Lipinski definition) is 2. The van der Waals surface area contributed by atoms with E-state index in [0.29, 0.717) is 16.9 Å². The first-order valence-electron chi connectivity index (χ1n) is 7.06. The number of thiazole rings is 1. The number of nitrogen functional groups attached to an aromatic ring is 1. The maximum absolute atomic E-state index is 12.1. The molecular formula is C13H18N6OS. The number of aromatic nitrogens is 4. The third-order valence-electron chi connectivity index (χ3n) is 3.81. The second kappa shape index (κ2) is 5.80. The van der Waals surface area contributed by atoms with E-state index >= 15 is 0 Å². The third kappa shape index (κ3) is 2.90. The fourth-order valence-electron chi connectivity index (χ4n) is 2.75. The highest BCUT2D eigenvalue weighted by molar-refractivity contribution is 7.13. The van der Waals surface area contributed by atoms with Gasteiger partial charge >= 0.3 is 0 Å². The Bertz CT molecular complexity index is 630. The number of hydrogen-bond acceptors (Lipinski definition) is 6. The van der Waals surface area contributed by atoms with Crippen molar-refractivity contribution in [2.45, 2.75) is 44.7 Å². The number of rotatable bonds is 4. The van der Waals surface area contributed by atoms with E-state index in [1.807, 2.05) is 6.92 Å². The Balaban J connectivity index is 1.72. The molecule has 0 bridgehead atoms. The summed E-state index contributed by atoms with van der Waals surface area (Å²) < 4.78 is 2.09. The number of nitrogens with one attached hydrogen (secondary N) is 1. The van der Waals surface area contributed by atoms with Gasteiger partial charge in [-0.25, -0.2) is 4.98 Å². The van der Waals surface area contributed by atoms with Gasteiger partial charge in [-0.15, -0.1) is 21.5 Å². The van der Waals surface area contributed by atoms with Gasteiger partial charge in [-0.2, -0.15) is 0 Å². The third-order valence-corrected chi connectivity index (χ3v) is 4.48. The lowest BCUT2D eigenvalue weighted by molar-refractivity contribution is 0.0933. The number of amides is 1. The Labute approximate surface area is 126 Å². The monoisotopic (exact) mass is 306 g/mol. The molecule has 1 amide bonds. The van der Waals surface area contributed by atoms with Crippen molar-refractivity contribution in [2.75, 3.05) is 5.73 Å². The number of carbonyl (C=O) groups excluding carboxylic acids is 1. The minimum absolute atomic E-state index is 0.219. The molecule has 1 fully saturated rings. The highest BCUT2D eigenvalue weighted by Gasteiger charge is 2.24. The van der Waals surface area contributed by atoms with E-state index in [-0.39, 0.29) is 11.9 Å². The average molecular weight is 306 g/mol. The highest BCUT2D eigenvalue weighted by Crippen LogP contribution is 2.31. The lowest BCUT2D eigenvalue weighted by atomic mass is 10.2. The normalized spacial score (nSPS) is 17.0. The predicted molar refractivity (Wildman–Crippen MR) is 79.9 cm³/mol. The van der Waals surface area contributed by atoms with Crippen LogP contribution in [0.1, 0.15) is 61.0 Å². The lowest BCUT2D eigenvalue weighted by Gasteiger charge is -2.18. The smallest absolute Gasteiger partial charge is 0.271 e. The molecule has 1 saturated carbocycles. The number of carbonyl (C=O) groups is 1. The van der Waals surface area contributed by atoms with E-state index in [1.54, 1.807) is 11.7 Å². The Kier molecular flexibility index (Phi) is 3.87. The molecular weight excluding hydrogens is 288 g/mol. The molecule has 0 aromatic carbocycles. The van der Waals surface area contributed by atoms with Crippen molar-refractivity contribution in [1.82, 2.24) is 25.1 Å². The van der Waals surface area contributed by atoms with Gasteiger partial charge in [-0.1, -0.05) is 12.8 Å². The van der Waals surface area contributed by atoms with Crippen molar-refractivity contribution < 1.29 is 4.79 Å². The Morgan fingerprint density at radius 2 is 2.29 bits per heavy atom. The Morgan fingerprint density at radius 1 is 1.52 bits per heavy atom. The zero-order valence-electron chi connectivity index (χ0n) is 11.8. The van der Waals surface area contributed by atoms with Gasteiger partial charge in [0.15, 0.2) is 11.0 Å². The molecule has 0 radical (unpaired) electrons. The van der Waals surface area contributed by atoms with Crippen LogP contribution in [0.3, 0.4) is 0 Å². The summed E-state index contributed by atoms with van der Waals surface area (Å²) in [6.45, 7) is 1.91. The quantitative estimate of drug-likeness (QED) is 0.899. The van der Waals surface area contributed by atoms with Crippen LogP contribution in [-0.2, 0) is 0 Å². The van der Waals surface area contributed by atoms with Crippen LogP contribution >= 0.6 is 11.3 Å². The number of anilines is 1. The molecule has 1 aliphatic rings. The molecule has 2 aromatic heterocycles. The van der Waals surface area contributed by atoms with Crippen LogP contribution in [0, 0.1) is 0 Å². The second-order valence-corrected chi connectivity index (χ2v) is 6.19. The van der Waals surface area contributed by atoms with Crippen molar-refractivity contribution in [1.29, 1.82) is 0 Å². The van der Waals surface area contributed by atoms with Crippen molar-refractivity contribution in [3.05, 3.63) is 23.2 Å². The molecule has 7 nitrogen and oxygen atoms in total. The summed E-state index contributed by atoms with van der Waals surface area (Å²) in [5, 5.41) is 13.1. The fraction of sp³-hybridized carbons (Fsp3) is 0.538. The summed E-state index contributed by atoms with van der Waals surface area (Å²) in [7, 11) is 0. The molecule has 0 unspecified atom stereocenters. The van der Waals surface area contributed by atoms with E-state index in [4.69, 9.17) is 5.73 Å². The van der Waals surface area contributed by atoms with Crippen molar-refractivity contribution in [3.8, 4) is 0 Å². The summed E-state index contributed by atoms with van der Waals surface area (Å²) in [5.74, 6) is 0.551. The van der Waals surface area contributed by atoms with Crippen molar-refractivity contribution in [3.63, 3.8) is 0 Å². The molecule has 21 heavy (non-hydrogen) atoms. The molecule has 3 N–H and O–H groups in total. The van der Waals surface area contributed by atoms with Gasteiger partial charge in [-0.05, 0) is 19.8 Å². The highest BCUT2D eigenvalue weighted by atomic mass is 32.1. The topological polar surface area (TPSA) is 98.7 Å². The zero-order chi connectivity index (χ0) is 14.8. The Morgan fingerprint density at radius 3 is 2.95 bits per heavy atom. The van der Waals surface area contributed by atoms with Gasteiger partial charge < -0.3 is 15.6 Å². The summed E-state index contributed by atoms with van der Waals surface area (Å²) in [5.41, 5.74) is 5.89. The minimum atomic E-state index is -0.239. The van der Waals surface area contributed by atoms with Crippen LogP contribution in [-0.4, -0.2) is 25.7 Å². The van der Waals surface area contributed by atoms with Crippen LogP contribution in [0.5, 0.6) is 0 Å². The van der Waals surface area contributed by atoms with Gasteiger partial charge in [0.1, 0.15) is 12.0 Å².